The first-order valence-corrected chi connectivity index (χ1v) is 6.29. The summed E-state index contributed by atoms with van der Waals surface area (Å²) < 4.78 is 25.3. The molecule has 4 heteroatoms. The summed E-state index contributed by atoms with van der Waals surface area (Å²) in [5.41, 5.74) is 0. The Bertz CT molecular complexity index is 217. The first-order chi connectivity index (χ1) is 5.64. The van der Waals surface area contributed by atoms with Gasteiger partial charge >= 0.3 is 0 Å². The van der Waals surface area contributed by atoms with Crippen molar-refractivity contribution in [2.45, 2.75) is 45.1 Å². The number of hydrogen-bond acceptors (Lipinski definition) is 2. The molecule has 1 saturated carbocycles. The molecule has 1 aliphatic carbocycles. The Morgan fingerprint density at radius 2 is 1.92 bits per heavy atom. The number of sulfonamides is 1. The van der Waals surface area contributed by atoms with E-state index in [4.69, 9.17) is 0 Å². The lowest BCUT2D eigenvalue weighted by Gasteiger charge is -2.11. The van der Waals surface area contributed by atoms with Crippen LogP contribution in [0.15, 0.2) is 0 Å². The molecular weight excluding hydrogens is 174 g/mol. The van der Waals surface area contributed by atoms with Crippen molar-refractivity contribution in [1.29, 1.82) is 0 Å². The van der Waals surface area contributed by atoms with Gasteiger partial charge in [-0.3, -0.25) is 0 Å². The van der Waals surface area contributed by atoms with E-state index >= 15 is 0 Å². The molecule has 72 valence electrons. The molecule has 0 amide bonds. The minimum Gasteiger partial charge on any atom is -0.212 e. The fourth-order valence-electron chi connectivity index (χ4n) is 1.63. The SMILES string of the molecule is CCCS(=O)(=O)NC1CCCC1. The van der Waals surface area contributed by atoms with Crippen LogP contribution in [0.5, 0.6) is 0 Å². The van der Waals surface area contributed by atoms with Gasteiger partial charge in [-0.25, -0.2) is 13.1 Å². The second-order valence-corrected chi connectivity index (χ2v) is 5.29. The zero-order valence-corrected chi connectivity index (χ0v) is 8.36. The van der Waals surface area contributed by atoms with Crippen molar-refractivity contribution in [3.8, 4) is 0 Å². The third-order valence-electron chi connectivity index (χ3n) is 2.17. The molecule has 1 fully saturated rings. The van der Waals surface area contributed by atoms with E-state index in [0.29, 0.717) is 6.42 Å². The van der Waals surface area contributed by atoms with Crippen molar-refractivity contribution in [3.63, 3.8) is 0 Å². The molecule has 0 spiro atoms. The Morgan fingerprint density at radius 3 is 2.42 bits per heavy atom. The summed E-state index contributed by atoms with van der Waals surface area (Å²) in [5, 5.41) is 0. The fraction of sp³-hybridized carbons (Fsp3) is 1.00. The average molecular weight is 191 g/mol. The standard InChI is InChI=1S/C8H17NO2S/c1-2-7-12(10,11)9-8-5-3-4-6-8/h8-9H,2-7H2,1H3. The molecule has 1 N–H and O–H groups in total. The molecule has 0 heterocycles. The third kappa shape index (κ3) is 3.11. The summed E-state index contributed by atoms with van der Waals surface area (Å²) in [5.74, 6) is 0.267. The summed E-state index contributed by atoms with van der Waals surface area (Å²) in [6.07, 6.45) is 5.06. The van der Waals surface area contributed by atoms with Crippen LogP contribution >= 0.6 is 0 Å². The summed E-state index contributed by atoms with van der Waals surface area (Å²) in [7, 11) is -2.97. The topological polar surface area (TPSA) is 46.2 Å². The van der Waals surface area contributed by atoms with Gasteiger partial charge in [0.15, 0.2) is 0 Å². The third-order valence-corrected chi connectivity index (χ3v) is 3.81. The van der Waals surface area contributed by atoms with Gasteiger partial charge in [-0.1, -0.05) is 19.8 Å². The molecule has 12 heavy (non-hydrogen) atoms. The maximum absolute atomic E-state index is 11.3. The van der Waals surface area contributed by atoms with Gasteiger partial charge in [0.2, 0.25) is 10.0 Å². The smallest absolute Gasteiger partial charge is 0.211 e. The maximum atomic E-state index is 11.3. The van der Waals surface area contributed by atoms with E-state index in [1.54, 1.807) is 0 Å². The highest BCUT2D eigenvalue weighted by atomic mass is 32.2. The van der Waals surface area contributed by atoms with Crippen LogP contribution in [-0.2, 0) is 10.0 Å². The second-order valence-electron chi connectivity index (χ2n) is 3.42. The first-order valence-electron chi connectivity index (χ1n) is 4.64. The molecule has 0 aromatic carbocycles. The summed E-state index contributed by atoms with van der Waals surface area (Å²) in [6, 6.07) is 0.224. The van der Waals surface area contributed by atoms with Crippen molar-refractivity contribution in [2.75, 3.05) is 5.75 Å². The van der Waals surface area contributed by atoms with Gasteiger partial charge in [0.1, 0.15) is 0 Å². The molecule has 1 aliphatic rings. The highest BCUT2D eigenvalue weighted by molar-refractivity contribution is 7.89. The van der Waals surface area contributed by atoms with Gasteiger partial charge in [-0.2, -0.15) is 0 Å². The lowest BCUT2D eigenvalue weighted by molar-refractivity contribution is 0.551. The van der Waals surface area contributed by atoms with E-state index in [0.717, 1.165) is 12.8 Å². The Hall–Kier alpha value is -0.0900. The molecule has 1 rings (SSSR count). The minimum atomic E-state index is -2.97. The second kappa shape index (κ2) is 4.23. The Morgan fingerprint density at radius 1 is 1.33 bits per heavy atom. The fourth-order valence-corrected chi connectivity index (χ4v) is 3.02. The van der Waals surface area contributed by atoms with E-state index in [2.05, 4.69) is 4.72 Å². The molecule has 3 nitrogen and oxygen atoms in total. The van der Waals surface area contributed by atoms with Crippen molar-refractivity contribution in [3.05, 3.63) is 0 Å². The quantitative estimate of drug-likeness (QED) is 0.727. The van der Waals surface area contributed by atoms with Gasteiger partial charge in [0.25, 0.3) is 0 Å². The molecule has 0 aliphatic heterocycles. The maximum Gasteiger partial charge on any atom is 0.211 e. The molecule has 0 saturated heterocycles. The van der Waals surface area contributed by atoms with E-state index in [-0.39, 0.29) is 11.8 Å². The molecule has 0 atom stereocenters. The Kier molecular flexibility index (Phi) is 3.53. The van der Waals surface area contributed by atoms with Crippen molar-refractivity contribution < 1.29 is 8.42 Å². The largest absolute Gasteiger partial charge is 0.212 e. The zero-order chi connectivity index (χ0) is 9.03. The van der Waals surface area contributed by atoms with E-state index in [1.165, 1.54) is 12.8 Å². The number of rotatable bonds is 4. The van der Waals surface area contributed by atoms with Gasteiger partial charge < -0.3 is 0 Å². The molecule has 0 aromatic heterocycles. The van der Waals surface area contributed by atoms with Crippen LogP contribution in [0.3, 0.4) is 0 Å². The Balaban J connectivity index is 2.38. The predicted molar refractivity (Wildman–Crippen MR) is 49.5 cm³/mol. The van der Waals surface area contributed by atoms with Crippen LogP contribution in [-0.4, -0.2) is 20.2 Å². The summed E-state index contributed by atoms with van der Waals surface area (Å²) in [4.78, 5) is 0. The van der Waals surface area contributed by atoms with Crippen LogP contribution in [0, 0.1) is 0 Å². The van der Waals surface area contributed by atoms with Gasteiger partial charge in [0, 0.05) is 6.04 Å². The van der Waals surface area contributed by atoms with Gasteiger partial charge in [-0.05, 0) is 19.3 Å². The summed E-state index contributed by atoms with van der Waals surface area (Å²) >= 11 is 0. The monoisotopic (exact) mass is 191 g/mol. The molecule has 0 bridgehead atoms. The number of hydrogen-bond donors (Lipinski definition) is 1. The lowest BCUT2D eigenvalue weighted by Crippen LogP contribution is -2.34. The van der Waals surface area contributed by atoms with Crippen LogP contribution in [0.4, 0.5) is 0 Å². The highest BCUT2D eigenvalue weighted by Gasteiger charge is 2.20. The molecule has 0 unspecified atom stereocenters. The normalized spacial score (nSPS) is 20.1. The van der Waals surface area contributed by atoms with Crippen molar-refractivity contribution in [2.24, 2.45) is 0 Å². The van der Waals surface area contributed by atoms with Crippen LogP contribution in [0.25, 0.3) is 0 Å². The highest BCUT2D eigenvalue weighted by Crippen LogP contribution is 2.18. The zero-order valence-electron chi connectivity index (χ0n) is 7.54. The van der Waals surface area contributed by atoms with E-state index < -0.39 is 10.0 Å². The molecule has 0 aromatic rings. The van der Waals surface area contributed by atoms with Crippen LogP contribution in [0.2, 0.25) is 0 Å². The van der Waals surface area contributed by atoms with E-state index in [1.807, 2.05) is 6.92 Å². The predicted octanol–water partition coefficient (Wildman–Crippen LogP) is 1.26. The molecular formula is C8H17NO2S. The van der Waals surface area contributed by atoms with Crippen molar-refractivity contribution >= 4 is 10.0 Å². The van der Waals surface area contributed by atoms with Gasteiger partial charge in [-0.15, -0.1) is 0 Å². The molecule has 0 radical (unpaired) electrons. The lowest BCUT2D eigenvalue weighted by atomic mass is 10.3. The first kappa shape index (κ1) is 9.99. The van der Waals surface area contributed by atoms with Crippen LogP contribution in [0.1, 0.15) is 39.0 Å². The Labute approximate surface area is 74.6 Å². The van der Waals surface area contributed by atoms with Gasteiger partial charge in [0.05, 0.1) is 5.75 Å². The van der Waals surface area contributed by atoms with E-state index in [9.17, 15) is 8.42 Å². The number of nitrogens with one attached hydrogen (secondary N) is 1. The van der Waals surface area contributed by atoms with Crippen molar-refractivity contribution in [1.82, 2.24) is 4.72 Å². The average Bonchev–Trinajstić information content (AvgIpc) is 2.38. The minimum absolute atomic E-state index is 0.224. The summed E-state index contributed by atoms with van der Waals surface area (Å²) in [6.45, 7) is 1.88. The van der Waals surface area contributed by atoms with Crippen LogP contribution < -0.4 is 4.72 Å².